The summed E-state index contributed by atoms with van der Waals surface area (Å²) < 4.78 is 13.0. The molecular formula is C30H26N2O4S2. The van der Waals surface area contributed by atoms with Gasteiger partial charge < -0.3 is 9.47 Å². The molecule has 3 aromatic carbocycles. The van der Waals surface area contributed by atoms with Crippen LogP contribution in [0, 0.1) is 0 Å². The summed E-state index contributed by atoms with van der Waals surface area (Å²) in [7, 11) is 1.60. The molecule has 1 aliphatic rings. The minimum atomic E-state index is -0.715. The Hall–Kier alpha value is -3.88. The Morgan fingerprint density at radius 3 is 2.39 bits per heavy atom. The van der Waals surface area contributed by atoms with Crippen molar-refractivity contribution in [3.8, 4) is 5.75 Å². The number of benzene rings is 3. The van der Waals surface area contributed by atoms with Gasteiger partial charge in [-0.25, -0.2) is 9.79 Å². The Morgan fingerprint density at radius 2 is 1.76 bits per heavy atom. The van der Waals surface area contributed by atoms with Crippen molar-refractivity contribution in [1.29, 1.82) is 0 Å². The van der Waals surface area contributed by atoms with Crippen LogP contribution in [-0.2, 0) is 9.53 Å². The van der Waals surface area contributed by atoms with E-state index in [1.165, 1.54) is 11.3 Å². The van der Waals surface area contributed by atoms with Gasteiger partial charge in [-0.2, -0.15) is 0 Å². The van der Waals surface area contributed by atoms with Crippen LogP contribution in [0.15, 0.2) is 99.1 Å². The van der Waals surface area contributed by atoms with E-state index in [0.29, 0.717) is 26.4 Å². The Bertz CT molecular complexity index is 1670. The Balaban J connectivity index is 1.79. The number of methoxy groups -OCH3 is 1. The number of nitrogens with zero attached hydrogens (tertiary/aromatic N) is 2. The quantitative estimate of drug-likeness (QED) is 0.251. The van der Waals surface area contributed by atoms with Gasteiger partial charge in [-0.05, 0) is 54.6 Å². The summed E-state index contributed by atoms with van der Waals surface area (Å²) in [5.41, 5.74) is 3.07. The number of ether oxygens (including phenoxy) is 2. The predicted octanol–water partition coefficient (Wildman–Crippen LogP) is 4.67. The monoisotopic (exact) mass is 542 g/mol. The topological polar surface area (TPSA) is 69.9 Å². The summed E-state index contributed by atoms with van der Waals surface area (Å²) in [4.78, 5) is 33.9. The van der Waals surface area contributed by atoms with Gasteiger partial charge in [0.25, 0.3) is 5.56 Å². The third kappa shape index (κ3) is 4.97. The van der Waals surface area contributed by atoms with E-state index in [1.54, 1.807) is 30.4 Å². The van der Waals surface area contributed by atoms with Crippen molar-refractivity contribution in [3.63, 3.8) is 0 Å². The first-order chi connectivity index (χ1) is 18.5. The lowest BCUT2D eigenvalue weighted by atomic mass is 9.93. The maximum absolute atomic E-state index is 13.9. The normalized spacial score (nSPS) is 15.1. The smallest absolute Gasteiger partial charge is 0.338 e. The van der Waals surface area contributed by atoms with Crippen LogP contribution in [-0.4, -0.2) is 30.5 Å². The van der Waals surface area contributed by atoms with E-state index in [4.69, 9.17) is 14.5 Å². The number of thiazole rings is 1. The molecule has 1 aromatic heterocycles. The van der Waals surface area contributed by atoms with Crippen molar-refractivity contribution in [2.75, 3.05) is 20.0 Å². The maximum Gasteiger partial charge on any atom is 0.338 e. The van der Waals surface area contributed by atoms with Crippen LogP contribution in [0.25, 0.3) is 11.8 Å². The summed E-state index contributed by atoms with van der Waals surface area (Å²) >= 11 is 2.97. The number of fused-ring (bicyclic) bond motifs is 1. The Kier molecular flexibility index (Phi) is 7.62. The van der Waals surface area contributed by atoms with Crippen LogP contribution in [0.3, 0.4) is 0 Å². The molecule has 0 amide bonds. The summed E-state index contributed by atoms with van der Waals surface area (Å²) in [6.45, 7) is 1.97. The predicted molar refractivity (Wildman–Crippen MR) is 152 cm³/mol. The van der Waals surface area contributed by atoms with Gasteiger partial charge in [0, 0.05) is 10.5 Å². The molecule has 8 heteroatoms. The van der Waals surface area contributed by atoms with Gasteiger partial charge in [0.15, 0.2) is 4.80 Å². The van der Waals surface area contributed by atoms with Gasteiger partial charge in [0.2, 0.25) is 0 Å². The van der Waals surface area contributed by atoms with E-state index >= 15 is 0 Å². The lowest BCUT2D eigenvalue weighted by Crippen LogP contribution is -2.40. The van der Waals surface area contributed by atoms with Crippen LogP contribution in [0.2, 0.25) is 0 Å². The van der Waals surface area contributed by atoms with Crippen molar-refractivity contribution >= 4 is 40.8 Å². The zero-order chi connectivity index (χ0) is 26.6. The second-order valence-electron chi connectivity index (χ2n) is 8.48. The summed E-state index contributed by atoms with van der Waals surface area (Å²) in [6, 6.07) is 24.2. The second kappa shape index (κ2) is 11.2. The average molecular weight is 543 g/mol. The number of hydrogen-bond donors (Lipinski definition) is 0. The third-order valence-electron chi connectivity index (χ3n) is 6.22. The molecule has 192 valence electrons. The number of rotatable bonds is 7. The number of aromatic nitrogens is 1. The van der Waals surface area contributed by atoms with Crippen LogP contribution in [0.4, 0.5) is 0 Å². The van der Waals surface area contributed by atoms with Gasteiger partial charge in [-0.15, -0.1) is 11.8 Å². The molecule has 0 N–H and O–H groups in total. The molecule has 0 aliphatic carbocycles. The molecule has 1 aliphatic heterocycles. The zero-order valence-corrected chi connectivity index (χ0v) is 22.8. The van der Waals surface area contributed by atoms with Gasteiger partial charge >= 0.3 is 5.97 Å². The van der Waals surface area contributed by atoms with E-state index in [2.05, 4.69) is 0 Å². The third-order valence-corrected chi connectivity index (χ3v) is 7.95. The molecule has 2 heterocycles. The van der Waals surface area contributed by atoms with Crippen LogP contribution in [0.5, 0.6) is 5.75 Å². The number of thioether (sulfide) groups is 1. The molecule has 0 unspecified atom stereocenters. The minimum Gasteiger partial charge on any atom is -0.497 e. The molecule has 0 spiro atoms. The van der Waals surface area contributed by atoms with Crippen molar-refractivity contribution < 1.29 is 14.3 Å². The largest absolute Gasteiger partial charge is 0.497 e. The van der Waals surface area contributed by atoms with E-state index in [-0.39, 0.29) is 12.2 Å². The second-order valence-corrected chi connectivity index (χ2v) is 10.4. The molecule has 6 nitrogen and oxygen atoms in total. The molecule has 0 saturated carbocycles. The van der Waals surface area contributed by atoms with Crippen LogP contribution in [0.1, 0.15) is 29.7 Å². The van der Waals surface area contributed by atoms with Gasteiger partial charge in [0.05, 0.1) is 35.6 Å². The highest BCUT2D eigenvalue weighted by molar-refractivity contribution is 7.98. The van der Waals surface area contributed by atoms with E-state index in [9.17, 15) is 9.59 Å². The molecule has 4 aromatic rings. The fourth-order valence-corrected chi connectivity index (χ4v) is 5.80. The van der Waals surface area contributed by atoms with Crippen LogP contribution < -0.4 is 19.6 Å². The van der Waals surface area contributed by atoms with Crippen LogP contribution >= 0.6 is 23.1 Å². The highest BCUT2D eigenvalue weighted by atomic mass is 32.2. The van der Waals surface area contributed by atoms with Gasteiger partial charge in [-0.1, -0.05) is 65.9 Å². The van der Waals surface area contributed by atoms with Crippen molar-refractivity contribution in [2.45, 2.75) is 17.9 Å². The van der Waals surface area contributed by atoms with Crippen molar-refractivity contribution in [3.05, 3.63) is 121 Å². The number of carbonyl (C=O) groups excluding carboxylic acids is 1. The number of esters is 1. The average Bonchev–Trinajstić information content (AvgIpc) is 3.27. The Morgan fingerprint density at radius 1 is 1.05 bits per heavy atom. The SMILES string of the molecule is CCOC(=O)C1=C(c2ccccc2)N=c2s/c(=C\c3ccc(SC)cc3)c(=O)n2[C@H]1c1ccc(OC)cc1. The summed E-state index contributed by atoms with van der Waals surface area (Å²) in [6.07, 6.45) is 3.90. The molecule has 38 heavy (non-hydrogen) atoms. The maximum atomic E-state index is 13.9. The van der Waals surface area contributed by atoms with E-state index in [0.717, 1.165) is 21.6 Å². The first-order valence-corrected chi connectivity index (χ1v) is 14.1. The van der Waals surface area contributed by atoms with E-state index < -0.39 is 12.0 Å². The van der Waals surface area contributed by atoms with E-state index in [1.807, 2.05) is 91.2 Å². The molecule has 0 fully saturated rings. The zero-order valence-electron chi connectivity index (χ0n) is 21.2. The molecule has 0 radical (unpaired) electrons. The fourth-order valence-electron chi connectivity index (χ4n) is 4.39. The van der Waals surface area contributed by atoms with Gasteiger partial charge in [0.1, 0.15) is 5.75 Å². The Labute approximate surface area is 228 Å². The first kappa shape index (κ1) is 25.8. The molecule has 0 bridgehead atoms. The molecule has 5 rings (SSSR count). The highest BCUT2D eigenvalue weighted by Crippen LogP contribution is 2.35. The number of carbonyl (C=O) groups is 1. The molecular weight excluding hydrogens is 516 g/mol. The standard InChI is InChI=1S/C30H26N2O4S2/c1-4-36-29(34)25-26(20-8-6-5-7-9-20)31-30-32(27(25)21-12-14-22(35-2)15-13-21)28(33)24(38-30)18-19-10-16-23(37-3)17-11-19/h5-18,27H,4H2,1-3H3/b24-18-/t27-/m0/s1. The van der Waals surface area contributed by atoms with Gasteiger partial charge in [-0.3, -0.25) is 9.36 Å². The summed E-state index contributed by atoms with van der Waals surface area (Å²) in [5.74, 6) is 0.178. The first-order valence-electron chi connectivity index (χ1n) is 12.1. The lowest BCUT2D eigenvalue weighted by Gasteiger charge is -2.26. The summed E-state index contributed by atoms with van der Waals surface area (Å²) in [5, 5.41) is 0. The molecule has 1 atom stereocenters. The van der Waals surface area contributed by atoms with Crippen molar-refractivity contribution in [2.24, 2.45) is 4.99 Å². The highest BCUT2D eigenvalue weighted by Gasteiger charge is 2.35. The molecule has 0 saturated heterocycles. The van der Waals surface area contributed by atoms with Crippen molar-refractivity contribution in [1.82, 2.24) is 4.57 Å². The number of hydrogen-bond acceptors (Lipinski definition) is 7. The fraction of sp³-hybridized carbons (Fsp3) is 0.167. The minimum absolute atomic E-state index is 0.205. The lowest BCUT2D eigenvalue weighted by molar-refractivity contribution is -0.138.